The molecule has 4 amide bonds. The molecule has 12 nitrogen and oxygen atoms in total. The number of carbonyl (C=O) groups excluding carboxylic acids is 4. The predicted octanol–water partition coefficient (Wildman–Crippen LogP) is 5.86. The second-order valence-electron chi connectivity index (χ2n) is 15.0. The van der Waals surface area contributed by atoms with Crippen molar-refractivity contribution in [2.75, 3.05) is 55.6 Å². The molecule has 3 fully saturated rings. The number of halogens is 1. The first-order valence-electron chi connectivity index (χ1n) is 19.0. The number of imide groups is 2. The molecule has 1 unspecified atom stereocenters. The molecule has 1 atom stereocenters. The Balaban J connectivity index is 0.828. The van der Waals surface area contributed by atoms with Gasteiger partial charge in [-0.2, -0.15) is 5.10 Å². The van der Waals surface area contributed by atoms with Crippen LogP contribution in [0, 0.1) is 26.3 Å². The first-order valence-corrected chi connectivity index (χ1v) is 19.3. The lowest BCUT2D eigenvalue weighted by molar-refractivity contribution is -0.136. The Morgan fingerprint density at radius 2 is 1.62 bits per heavy atom. The van der Waals surface area contributed by atoms with Gasteiger partial charge >= 0.3 is 0 Å². The highest BCUT2D eigenvalue weighted by Gasteiger charge is 2.46. The second kappa shape index (κ2) is 15.0. The lowest BCUT2D eigenvalue weighted by Crippen LogP contribution is -2.54. The summed E-state index contributed by atoms with van der Waals surface area (Å²) in [5, 5.41) is 7.62. The molecule has 0 spiro atoms. The number of rotatable bonds is 8. The van der Waals surface area contributed by atoms with E-state index in [0.717, 1.165) is 91.8 Å². The Bertz CT molecular complexity index is 2230. The number of piperazine rings is 1. The summed E-state index contributed by atoms with van der Waals surface area (Å²) in [6.45, 7) is 18.6. The van der Waals surface area contributed by atoms with E-state index >= 15 is 0 Å². The molecule has 1 N–H and O–H groups in total. The number of carbonyl (C=O) groups is 4. The number of fused-ring (bicyclic) bond motifs is 1. The smallest absolute Gasteiger partial charge is 0.264 e. The minimum absolute atomic E-state index is 0.0991. The number of hydrogen-bond acceptors (Lipinski definition) is 8. The van der Waals surface area contributed by atoms with Gasteiger partial charge in [0.2, 0.25) is 17.5 Å². The van der Waals surface area contributed by atoms with Gasteiger partial charge in [-0.25, -0.2) is 4.85 Å². The molecule has 5 heterocycles. The Morgan fingerprint density at radius 1 is 0.873 bits per heavy atom. The first kappa shape index (κ1) is 36.5. The highest BCUT2D eigenvalue weighted by atomic mass is 35.5. The van der Waals surface area contributed by atoms with Gasteiger partial charge in [0.1, 0.15) is 6.04 Å². The van der Waals surface area contributed by atoms with Gasteiger partial charge in [-0.15, -0.1) is 0 Å². The third kappa shape index (κ3) is 6.99. The molecule has 0 aliphatic carbocycles. The lowest BCUT2D eigenvalue weighted by atomic mass is 9.94. The fourth-order valence-electron chi connectivity index (χ4n) is 8.46. The van der Waals surface area contributed by atoms with E-state index in [1.807, 2.05) is 22.9 Å². The zero-order valence-electron chi connectivity index (χ0n) is 31.1. The highest BCUT2D eigenvalue weighted by Crippen LogP contribution is 2.36. The molecule has 0 bridgehead atoms. The van der Waals surface area contributed by atoms with Crippen molar-refractivity contribution in [1.82, 2.24) is 24.9 Å². The summed E-state index contributed by atoms with van der Waals surface area (Å²) in [5.74, 6) is -1.36. The molecule has 1 aromatic heterocycles. The van der Waals surface area contributed by atoms with Crippen molar-refractivity contribution < 1.29 is 19.2 Å². The molecule has 0 radical (unpaired) electrons. The summed E-state index contributed by atoms with van der Waals surface area (Å²) in [6.07, 6.45) is 2.22. The lowest BCUT2D eigenvalue weighted by Gasteiger charge is -2.40. The number of amides is 4. The van der Waals surface area contributed by atoms with E-state index in [4.69, 9.17) is 23.3 Å². The van der Waals surface area contributed by atoms with Crippen LogP contribution in [0.3, 0.4) is 0 Å². The number of nitrogens with zero attached hydrogens (tertiary/aromatic N) is 7. The second-order valence-corrected chi connectivity index (χ2v) is 15.4. The molecular formula is C42H43ClN8O4. The number of nitrogens with one attached hydrogen (secondary N) is 1. The Labute approximate surface area is 325 Å². The summed E-state index contributed by atoms with van der Waals surface area (Å²) in [5.41, 5.74) is 8.26. The normalized spacial score (nSPS) is 19.5. The van der Waals surface area contributed by atoms with E-state index in [1.165, 1.54) is 11.3 Å². The molecule has 13 heteroatoms. The number of hydrogen-bond donors (Lipinski definition) is 1. The molecule has 282 valence electrons. The maximum atomic E-state index is 13.6. The molecule has 0 saturated carbocycles. The van der Waals surface area contributed by atoms with E-state index < -0.39 is 23.8 Å². The van der Waals surface area contributed by atoms with Crippen LogP contribution in [0.1, 0.15) is 63.2 Å². The highest BCUT2D eigenvalue weighted by molar-refractivity contribution is 6.33. The molecule has 8 rings (SSSR count). The van der Waals surface area contributed by atoms with Crippen LogP contribution in [0.5, 0.6) is 0 Å². The van der Waals surface area contributed by atoms with E-state index in [-0.39, 0.29) is 18.7 Å². The fraction of sp³-hybridized carbons (Fsp3) is 0.381. The van der Waals surface area contributed by atoms with Crippen LogP contribution in [0.25, 0.3) is 16.1 Å². The minimum atomic E-state index is -0.969. The van der Waals surface area contributed by atoms with Crippen LogP contribution < -0.4 is 15.1 Å². The molecule has 4 aromatic rings. The van der Waals surface area contributed by atoms with E-state index in [9.17, 15) is 19.2 Å². The molecule has 4 aliphatic rings. The molecule has 55 heavy (non-hydrogen) atoms. The van der Waals surface area contributed by atoms with Crippen molar-refractivity contribution in [3.63, 3.8) is 0 Å². The number of benzene rings is 3. The largest absolute Gasteiger partial charge is 0.371 e. The Morgan fingerprint density at radius 3 is 2.31 bits per heavy atom. The molecule has 4 aliphatic heterocycles. The molecular weight excluding hydrogens is 716 g/mol. The van der Waals surface area contributed by atoms with Crippen molar-refractivity contribution in [3.05, 3.63) is 105 Å². The van der Waals surface area contributed by atoms with Gasteiger partial charge in [-0.3, -0.25) is 39.0 Å². The van der Waals surface area contributed by atoms with Crippen molar-refractivity contribution in [1.29, 1.82) is 0 Å². The summed E-state index contributed by atoms with van der Waals surface area (Å²) in [6, 6.07) is 18.6. The Kier molecular flexibility index (Phi) is 9.92. The van der Waals surface area contributed by atoms with Gasteiger partial charge in [-0.1, -0.05) is 41.9 Å². The summed E-state index contributed by atoms with van der Waals surface area (Å²) in [4.78, 5) is 62.9. The van der Waals surface area contributed by atoms with Crippen LogP contribution in [0.15, 0.2) is 60.7 Å². The van der Waals surface area contributed by atoms with Gasteiger partial charge in [-0.05, 0) is 80.5 Å². The summed E-state index contributed by atoms with van der Waals surface area (Å²) >= 11 is 6.32. The predicted molar refractivity (Wildman–Crippen MR) is 211 cm³/mol. The SMILES string of the molecule is [C-]#[N+]c1ccc(-c2nn(Cc3ccc(N4CCN(CC5CCN(c6cccc7c6C(=O)N(C6CCC(=O)NC6=O)C7=O)CC5)CC4)cc3)c(C)c2C)cc1Cl. The minimum Gasteiger partial charge on any atom is -0.371 e. The summed E-state index contributed by atoms with van der Waals surface area (Å²) in [7, 11) is 0. The molecule has 3 saturated heterocycles. The maximum absolute atomic E-state index is 13.6. The maximum Gasteiger partial charge on any atom is 0.264 e. The van der Waals surface area contributed by atoms with Crippen LogP contribution in [0.2, 0.25) is 5.02 Å². The number of piperidine rings is 2. The van der Waals surface area contributed by atoms with Crippen LogP contribution in [0.4, 0.5) is 17.1 Å². The standard InChI is InChI=1S/C42H43ClN8O4/c1-26-27(2)50(46-39(26)30-9-12-34(44-3)33(43)23-30)25-28-7-10-31(11-8-28)48-21-19-47(20-22-48)24-29-15-17-49(18-16-29)35-6-4-5-32-38(35)42(55)51(41(32)54)36-13-14-37(52)45-40(36)53/h4-12,23,29,36H,13-22,24-25H2,1-2H3,(H,45,52,53). The van der Waals surface area contributed by atoms with E-state index in [1.54, 1.807) is 18.2 Å². The third-order valence-electron chi connectivity index (χ3n) is 11.8. The number of aromatic nitrogens is 2. The molecule has 3 aromatic carbocycles. The van der Waals surface area contributed by atoms with Gasteiger partial charge in [0, 0.05) is 74.2 Å². The first-order chi connectivity index (χ1) is 26.6. The summed E-state index contributed by atoms with van der Waals surface area (Å²) < 4.78 is 2.03. The van der Waals surface area contributed by atoms with Gasteiger partial charge in [0.05, 0.1) is 35.6 Å². The average Bonchev–Trinajstić information content (AvgIpc) is 3.62. The monoisotopic (exact) mass is 758 g/mol. The van der Waals surface area contributed by atoms with Gasteiger partial charge in [0.25, 0.3) is 11.8 Å². The van der Waals surface area contributed by atoms with Crippen LogP contribution in [-0.2, 0) is 16.1 Å². The average molecular weight is 759 g/mol. The van der Waals surface area contributed by atoms with Crippen molar-refractivity contribution in [2.45, 2.75) is 52.1 Å². The van der Waals surface area contributed by atoms with Crippen molar-refractivity contribution in [2.24, 2.45) is 5.92 Å². The van der Waals surface area contributed by atoms with E-state index in [2.05, 4.69) is 63.0 Å². The van der Waals surface area contributed by atoms with E-state index in [0.29, 0.717) is 34.3 Å². The van der Waals surface area contributed by atoms with Gasteiger partial charge < -0.3 is 9.80 Å². The number of anilines is 2. The Hall–Kier alpha value is -5.51. The zero-order valence-corrected chi connectivity index (χ0v) is 31.8. The van der Waals surface area contributed by atoms with Crippen molar-refractivity contribution in [3.8, 4) is 11.3 Å². The zero-order chi connectivity index (χ0) is 38.4. The quantitative estimate of drug-likeness (QED) is 0.176. The third-order valence-corrected chi connectivity index (χ3v) is 12.1. The van der Waals surface area contributed by atoms with Crippen LogP contribution >= 0.6 is 11.6 Å². The van der Waals surface area contributed by atoms with Gasteiger partial charge in [0.15, 0.2) is 0 Å². The fourth-order valence-corrected chi connectivity index (χ4v) is 8.69. The topological polar surface area (TPSA) is 115 Å². The van der Waals surface area contributed by atoms with Crippen molar-refractivity contribution >= 4 is 52.3 Å². The van der Waals surface area contributed by atoms with Crippen LogP contribution in [-0.4, -0.2) is 95.1 Å².